The third-order valence-corrected chi connectivity index (χ3v) is 4.77. The summed E-state index contributed by atoms with van der Waals surface area (Å²) in [5.41, 5.74) is 0.872. The summed E-state index contributed by atoms with van der Waals surface area (Å²) >= 11 is 0. The maximum atomic E-state index is 12.9. The number of hydrogen-bond acceptors (Lipinski definition) is 5. The second-order valence-corrected chi connectivity index (χ2v) is 6.69. The summed E-state index contributed by atoms with van der Waals surface area (Å²) in [5.74, 6) is 1.09. The Kier molecular flexibility index (Phi) is 5.04. The smallest absolute Gasteiger partial charge is 0.369 e. The Morgan fingerprint density at radius 2 is 1.68 bits per heavy atom. The summed E-state index contributed by atoms with van der Waals surface area (Å²) < 4.78 is 44.1. The van der Waals surface area contributed by atoms with E-state index in [1.165, 1.54) is 12.1 Å². The van der Waals surface area contributed by atoms with Crippen molar-refractivity contribution in [1.82, 2.24) is 15.0 Å². The molecule has 0 aliphatic carbocycles. The zero-order valence-electron chi connectivity index (χ0n) is 15.1. The lowest BCUT2D eigenvalue weighted by Crippen LogP contribution is -2.46. The number of nitrogens with zero attached hydrogens (tertiary/aromatic N) is 4. The number of piperazine rings is 1. The first-order valence-corrected chi connectivity index (χ1v) is 9.01. The van der Waals surface area contributed by atoms with Crippen molar-refractivity contribution in [3.8, 4) is 11.4 Å². The van der Waals surface area contributed by atoms with Crippen LogP contribution in [0.5, 0.6) is 0 Å². The van der Waals surface area contributed by atoms with Crippen molar-refractivity contribution in [3.63, 3.8) is 0 Å². The minimum Gasteiger partial charge on any atom is -0.369 e. The van der Waals surface area contributed by atoms with Gasteiger partial charge >= 0.3 is 6.18 Å². The van der Waals surface area contributed by atoms with E-state index in [0.29, 0.717) is 50.1 Å². The van der Waals surface area contributed by atoms with Crippen molar-refractivity contribution in [2.45, 2.75) is 12.7 Å². The number of benzene rings is 2. The van der Waals surface area contributed by atoms with Gasteiger partial charge in [0.1, 0.15) is 0 Å². The van der Waals surface area contributed by atoms with Gasteiger partial charge in [0.05, 0.1) is 12.1 Å². The molecule has 2 heterocycles. The van der Waals surface area contributed by atoms with Crippen molar-refractivity contribution >= 4 is 5.69 Å². The highest BCUT2D eigenvalue weighted by molar-refractivity contribution is 5.53. The van der Waals surface area contributed by atoms with Crippen LogP contribution in [0, 0.1) is 0 Å². The second kappa shape index (κ2) is 7.63. The fourth-order valence-corrected chi connectivity index (χ4v) is 3.26. The molecule has 1 saturated heterocycles. The van der Waals surface area contributed by atoms with Gasteiger partial charge in [0.15, 0.2) is 0 Å². The number of aromatic nitrogens is 2. The molecule has 4 rings (SSSR count). The van der Waals surface area contributed by atoms with Crippen LogP contribution in [-0.2, 0) is 12.7 Å². The maximum Gasteiger partial charge on any atom is 0.416 e. The molecule has 28 heavy (non-hydrogen) atoms. The van der Waals surface area contributed by atoms with Crippen molar-refractivity contribution in [3.05, 3.63) is 66.1 Å². The van der Waals surface area contributed by atoms with Gasteiger partial charge < -0.3 is 9.42 Å². The van der Waals surface area contributed by atoms with Crippen LogP contribution in [0.3, 0.4) is 0 Å². The van der Waals surface area contributed by atoms with Crippen molar-refractivity contribution in [1.29, 1.82) is 0 Å². The van der Waals surface area contributed by atoms with E-state index in [1.54, 1.807) is 6.07 Å². The van der Waals surface area contributed by atoms with E-state index in [1.807, 2.05) is 35.2 Å². The van der Waals surface area contributed by atoms with Gasteiger partial charge in [-0.3, -0.25) is 4.90 Å². The van der Waals surface area contributed by atoms with E-state index < -0.39 is 11.7 Å². The molecule has 0 amide bonds. The molecule has 0 N–H and O–H groups in total. The Morgan fingerprint density at radius 3 is 2.39 bits per heavy atom. The Balaban J connectivity index is 1.36. The van der Waals surface area contributed by atoms with Gasteiger partial charge in [-0.1, -0.05) is 41.6 Å². The molecule has 1 aromatic heterocycles. The van der Waals surface area contributed by atoms with Crippen LogP contribution in [0.25, 0.3) is 11.4 Å². The predicted octanol–water partition coefficient (Wildman–Crippen LogP) is 4.08. The lowest BCUT2D eigenvalue weighted by molar-refractivity contribution is -0.137. The molecule has 2 aromatic carbocycles. The minimum atomic E-state index is -4.33. The molecule has 1 aliphatic heterocycles. The fraction of sp³-hybridized carbons (Fsp3) is 0.300. The first kappa shape index (κ1) is 18.5. The first-order chi connectivity index (χ1) is 13.5. The minimum absolute atomic E-state index is 0.524. The van der Waals surface area contributed by atoms with Crippen LogP contribution in [0.4, 0.5) is 18.9 Å². The third-order valence-electron chi connectivity index (χ3n) is 4.77. The predicted molar refractivity (Wildman–Crippen MR) is 98.7 cm³/mol. The second-order valence-electron chi connectivity index (χ2n) is 6.69. The zero-order chi connectivity index (χ0) is 19.6. The summed E-state index contributed by atoms with van der Waals surface area (Å²) in [6.07, 6.45) is -4.33. The summed E-state index contributed by atoms with van der Waals surface area (Å²) in [6.45, 7) is 3.22. The van der Waals surface area contributed by atoms with E-state index in [0.717, 1.165) is 11.6 Å². The molecule has 0 unspecified atom stereocenters. The molecule has 1 fully saturated rings. The Bertz CT molecular complexity index is 918. The van der Waals surface area contributed by atoms with Gasteiger partial charge in [0.25, 0.3) is 0 Å². The third kappa shape index (κ3) is 4.17. The van der Waals surface area contributed by atoms with Crippen LogP contribution in [0.1, 0.15) is 11.5 Å². The van der Waals surface area contributed by atoms with Crippen molar-refractivity contribution < 1.29 is 17.7 Å². The van der Waals surface area contributed by atoms with Crippen LogP contribution in [0.2, 0.25) is 0 Å². The molecule has 1 aliphatic rings. The Morgan fingerprint density at radius 1 is 0.929 bits per heavy atom. The largest absolute Gasteiger partial charge is 0.416 e. The summed E-state index contributed by atoms with van der Waals surface area (Å²) in [7, 11) is 0. The Labute approximate surface area is 160 Å². The monoisotopic (exact) mass is 388 g/mol. The van der Waals surface area contributed by atoms with Gasteiger partial charge in [-0.25, -0.2) is 0 Å². The molecular weight excluding hydrogens is 369 g/mol. The fourth-order valence-electron chi connectivity index (χ4n) is 3.26. The highest BCUT2D eigenvalue weighted by Gasteiger charge is 2.31. The van der Waals surface area contributed by atoms with Crippen LogP contribution >= 0.6 is 0 Å². The molecule has 0 spiro atoms. The average Bonchev–Trinajstić information content (AvgIpc) is 3.17. The van der Waals surface area contributed by atoms with Gasteiger partial charge in [0.2, 0.25) is 11.7 Å². The van der Waals surface area contributed by atoms with E-state index >= 15 is 0 Å². The highest BCUT2D eigenvalue weighted by atomic mass is 19.4. The van der Waals surface area contributed by atoms with Crippen LogP contribution < -0.4 is 4.90 Å². The molecule has 0 atom stereocenters. The molecular formula is C20H19F3N4O. The average molecular weight is 388 g/mol. The van der Waals surface area contributed by atoms with E-state index in [-0.39, 0.29) is 0 Å². The van der Waals surface area contributed by atoms with E-state index in [4.69, 9.17) is 4.52 Å². The van der Waals surface area contributed by atoms with Crippen molar-refractivity contribution in [2.24, 2.45) is 0 Å². The van der Waals surface area contributed by atoms with Gasteiger partial charge in [-0.15, -0.1) is 0 Å². The SMILES string of the molecule is FC(F)(F)c1cccc(N2CCN(Cc3nc(-c4ccccc4)no3)CC2)c1. The van der Waals surface area contributed by atoms with Gasteiger partial charge in [-0.05, 0) is 18.2 Å². The van der Waals surface area contributed by atoms with Gasteiger partial charge in [-0.2, -0.15) is 18.2 Å². The molecule has 0 saturated carbocycles. The lowest BCUT2D eigenvalue weighted by Gasteiger charge is -2.35. The molecule has 5 nitrogen and oxygen atoms in total. The van der Waals surface area contributed by atoms with Crippen LogP contribution in [-0.4, -0.2) is 41.2 Å². The Hall–Kier alpha value is -2.87. The standard InChI is InChI=1S/C20H19F3N4O/c21-20(22,23)16-7-4-8-17(13-16)27-11-9-26(10-12-27)14-18-24-19(25-28-18)15-5-2-1-3-6-15/h1-8,13H,9-12,14H2. The van der Waals surface area contributed by atoms with Crippen molar-refractivity contribution in [2.75, 3.05) is 31.1 Å². The lowest BCUT2D eigenvalue weighted by atomic mass is 10.1. The summed E-state index contributed by atoms with van der Waals surface area (Å²) in [5, 5.41) is 4.02. The summed E-state index contributed by atoms with van der Waals surface area (Å²) in [4.78, 5) is 8.56. The molecule has 3 aromatic rings. The topological polar surface area (TPSA) is 45.4 Å². The quantitative estimate of drug-likeness (QED) is 0.674. The maximum absolute atomic E-state index is 12.9. The summed E-state index contributed by atoms with van der Waals surface area (Å²) in [6, 6.07) is 15.1. The highest BCUT2D eigenvalue weighted by Crippen LogP contribution is 2.32. The van der Waals surface area contributed by atoms with Crippen LogP contribution in [0.15, 0.2) is 59.1 Å². The van der Waals surface area contributed by atoms with Gasteiger partial charge in [0, 0.05) is 37.4 Å². The molecule has 0 radical (unpaired) electrons. The van der Waals surface area contributed by atoms with E-state index in [9.17, 15) is 13.2 Å². The number of halogens is 3. The number of alkyl halides is 3. The van der Waals surface area contributed by atoms with E-state index in [2.05, 4.69) is 15.0 Å². The normalized spacial score (nSPS) is 15.8. The zero-order valence-corrected chi connectivity index (χ0v) is 15.1. The number of anilines is 1. The number of hydrogen-bond donors (Lipinski definition) is 0. The molecule has 8 heteroatoms. The molecule has 146 valence electrons. The number of rotatable bonds is 4. The first-order valence-electron chi connectivity index (χ1n) is 9.01. The molecule has 0 bridgehead atoms.